The number of hydrogen-bond acceptors (Lipinski definition) is 2. The van der Waals surface area contributed by atoms with E-state index in [4.69, 9.17) is 11.5 Å². The third-order valence-electron chi connectivity index (χ3n) is 5.38. The Morgan fingerprint density at radius 1 is 0.769 bits per heavy atom. The van der Waals surface area contributed by atoms with Crippen molar-refractivity contribution in [3.8, 4) is 0 Å². The maximum Gasteiger partial charge on any atom is 0.0373 e. The maximum absolute atomic E-state index is 6.14. The van der Waals surface area contributed by atoms with Gasteiger partial charge in [-0.15, -0.1) is 0 Å². The van der Waals surface area contributed by atoms with Crippen LogP contribution in [0.4, 0.5) is 11.4 Å². The molecule has 2 nitrogen and oxygen atoms in total. The number of nitrogen functional groups attached to an aromatic ring is 2. The third kappa shape index (κ3) is 6.40. The average Bonchev–Trinajstić information content (AvgIpc) is 2.64. The fourth-order valence-electron chi connectivity index (χ4n) is 3.60. The van der Waals surface area contributed by atoms with Gasteiger partial charge in [-0.3, -0.25) is 0 Å². The van der Waals surface area contributed by atoms with E-state index in [1.54, 1.807) is 0 Å². The van der Waals surface area contributed by atoms with E-state index in [1.807, 2.05) is 18.2 Å². The minimum Gasteiger partial charge on any atom is -0.399 e. The molecule has 0 aliphatic rings. The smallest absolute Gasteiger partial charge is 0.0373 e. The molecular formula is C24H36N2. The molecule has 1 unspecified atom stereocenters. The number of benzene rings is 2. The second-order valence-electron chi connectivity index (χ2n) is 7.58. The lowest BCUT2D eigenvalue weighted by Crippen LogP contribution is -2.02. The van der Waals surface area contributed by atoms with Crippen molar-refractivity contribution in [2.45, 2.75) is 77.6 Å². The van der Waals surface area contributed by atoms with Gasteiger partial charge in [-0.2, -0.15) is 0 Å². The number of anilines is 2. The first kappa shape index (κ1) is 20.4. The topological polar surface area (TPSA) is 52.0 Å². The van der Waals surface area contributed by atoms with Crippen molar-refractivity contribution in [3.63, 3.8) is 0 Å². The zero-order chi connectivity index (χ0) is 18.8. The number of rotatable bonds is 11. The average molecular weight is 353 g/mol. The molecule has 0 aromatic heterocycles. The van der Waals surface area contributed by atoms with E-state index in [0.717, 1.165) is 16.9 Å². The van der Waals surface area contributed by atoms with Gasteiger partial charge in [-0.1, -0.05) is 89.1 Å². The van der Waals surface area contributed by atoms with Gasteiger partial charge >= 0.3 is 0 Å². The number of nitrogens with two attached hydrogens (primary N) is 2. The van der Waals surface area contributed by atoms with Crippen LogP contribution >= 0.6 is 0 Å². The molecule has 0 saturated heterocycles. The van der Waals surface area contributed by atoms with Crippen LogP contribution in [0.25, 0.3) is 0 Å². The molecule has 142 valence electrons. The predicted octanol–water partition coefficient (Wildman–Crippen LogP) is 6.69. The van der Waals surface area contributed by atoms with Crippen molar-refractivity contribution in [2.75, 3.05) is 11.5 Å². The molecule has 0 aliphatic carbocycles. The van der Waals surface area contributed by atoms with Crippen LogP contribution < -0.4 is 11.5 Å². The van der Waals surface area contributed by atoms with Gasteiger partial charge in [0.05, 0.1) is 0 Å². The molecule has 0 spiro atoms. The van der Waals surface area contributed by atoms with Gasteiger partial charge < -0.3 is 11.5 Å². The number of hydrogen-bond donors (Lipinski definition) is 2. The van der Waals surface area contributed by atoms with E-state index in [-0.39, 0.29) is 5.92 Å². The largest absolute Gasteiger partial charge is 0.399 e. The summed E-state index contributed by atoms with van der Waals surface area (Å²) in [5.41, 5.74) is 17.3. The number of unbranched alkanes of at least 4 members (excludes halogenated alkanes) is 7. The van der Waals surface area contributed by atoms with Crippen LogP contribution in [0.3, 0.4) is 0 Å². The summed E-state index contributed by atoms with van der Waals surface area (Å²) in [7, 11) is 0. The Morgan fingerprint density at radius 3 is 2.00 bits per heavy atom. The minimum atomic E-state index is 0.285. The predicted molar refractivity (Wildman–Crippen MR) is 116 cm³/mol. The van der Waals surface area contributed by atoms with Gasteiger partial charge in [-0.05, 0) is 41.7 Å². The lowest BCUT2D eigenvalue weighted by Gasteiger charge is -2.16. The summed E-state index contributed by atoms with van der Waals surface area (Å²) in [4.78, 5) is 0. The highest BCUT2D eigenvalue weighted by Gasteiger charge is 2.11. The van der Waals surface area contributed by atoms with E-state index < -0.39 is 0 Å². The molecule has 0 fully saturated rings. The van der Waals surface area contributed by atoms with Crippen molar-refractivity contribution in [1.82, 2.24) is 0 Å². The Kier molecular flexibility index (Phi) is 8.53. The fraction of sp³-hybridized carbons (Fsp3) is 0.500. The van der Waals surface area contributed by atoms with Gasteiger partial charge in [0.1, 0.15) is 0 Å². The van der Waals surface area contributed by atoms with Crippen molar-refractivity contribution in [1.29, 1.82) is 0 Å². The van der Waals surface area contributed by atoms with E-state index in [1.165, 1.54) is 68.9 Å². The highest BCUT2D eigenvalue weighted by molar-refractivity contribution is 5.59. The molecule has 0 saturated carbocycles. The molecule has 2 aromatic rings. The quantitative estimate of drug-likeness (QED) is 0.350. The zero-order valence-electron chi connectivity index (χ0n) is 16.6. The van der Waals surface area contributed by atoms with Crippen LogP contribution in [-0.4, -0.2) is 0 Å². The van der Waals surface area contributed by atoms with Gasteiger partial charge in [0, 0.05) is 17.3 Å². The first-order valence-corrected chi connectivity index (χ1v) is 10.4. The van der Waals surface area contributed by atoms with Crippen LogP contribution in [0.15, 0.2) is 42.5 Å². The fourth-order valence-corrected chi connectivity index (χ4v) is 3.60. The molecular weight excluding hydrogens is 316 g/mol. The molecule has 4 N–H and O–H groups in total. The molecule has 0 aliphatic heterocycles. The van der Waals surface area contributed by atoms with E-state index >= 15 is 0 Å². The molecule has 0 radical (unpaired) electrons. The van der Waals surface area contributed by atoms with Gasteiger partial charge in [-0.25, -0.2) is 0 Å². The standard InChI is InChI=1S/C24H36N2/c1-3-4-5-6-7-8-9-10-11-20-12-14-21(15-13-20)19(2)23-17-16-22(25)18-24(23)26/h12-19H,3-11,25-26H2,1-2H3. The minimum absolute atomic E-state index is 0.285. The van der Waals surface area contributed by atoms with Gasteiger partial charge in [0.2, 0.25) is 0 Å². The Hall–Kier alpha value is -1.96. The van der Waals surface area contributed by atoms with Crippen LogP contribution in [0.1, 0.15) is 87.8 Å². The maximum atomic E-state index is 6.14. The second kappa shape index (κ2) is 10.9. The highest BCUT2D eigenvalue weighted by atomic mass is 14.6. The Bertz CT molecular complexity index is 646. The summed E-state index contributed by atoms with van der Waals surface area (Å²) in [5.74, 6) is 0.285. The van der Waals surface area contributed by atoms with Gasteiger partial charge in [0.25, 0.3) is 0 Å². The molecule has 0 heterocycles. The summed E-state index contributed by atoms with van der Waals surface area (Å²) in [6.45, 7) is 4.48. The van der Waals surface area contributed by atoms with E-state index in [0.29, 0.717) is 0 Å². The Balaban J connectivity index is 1.77. The summed E-state index contributed by atoms with van der Waals surface area (Å²) in [6.07, 6.45) is 12.2. The van der Waals surface area contributed by atoms with Crippen molar-refractivity contribution < 1.29 is 0 Å². The summed E-state index contributed by atoms with van der Waals surface area (Å²) in [6, 6.07) is 14.9. The normalized spacial score (nSPS) is 12.2. The van der Waals surface area contributed by atoms with Crippen LogP contribution in [0, 0.1) is 0 Å². The Labute approximate surface area is 160 Å². The third-order valence-corrected chi connectivity index (χ3v) is 5.38. The van der Waals surface area contributed by atoms with Crippen LogP contribution in [0.2, 0.25) is 0 Å². The molecule has 2 rings (SSSR count). The van der Waals surface area contributed by atoms with Crippen LogP contribution in [-0.2, 0) is 6.42 Å². The lowest BCUT2D eigenvalue weighted by atomic mass is 9.91. The van der Waals surface area contributed by atoms with Gasteiger partial charge in [0.15, 0.2) is 0 Å². The summed E-state index contributed by atoms with van der Waals surface area (Å²) in [5, 5.41) is 0. The van der Waals surface area contributed by atoms with Crippen LogP contribution in [0.5, 0.6) is 0 Å². The monoisotopic (exact) mass is 352 g/mol. The summed E-state index contributed by atoms with van der Waals surface area (Å²) < 4.78 is 0. The molecule has 0 amide bonds. The first-order chi connectivity index (χ1) is 12.6. The van der Waals surface area contributed by atoms with Crippen molar-refractivity contribution in [2.24, 2.45) is 0 Å². The molecule has 0 bridgehead atoms. The zero-order valence-corrected chi connectivity index (χ0v) is 16.6. The second-order valence-corrected chi connectivity index (χ2v) is 7.58. The molecule has 1 atom stereocenters. The molecule has 26 heavy (non-hydrogen) atoms. The molecule has 2 aromatic carbocycles. The summed E-state index contributed by atoms with van der Waals surface area (Å²) >= 11 is 0. The Morgan fingerprint density at radius 2 is 1.38 bits per heavy atom. The number of aryl methyl sites for hydroxylation is 1. The van der Waals surface area contributed by atoms with Crippen molar-refractivity contribution in [3.05, 3.63) is 59.2 Å². The van der Waals surface area contributed by atoms with Crippen molar-refractivity contribution >= 4 is 11.4 Å². The highest BCUT2D eigenvalue weighted by Crippen LogP contribution is 2.30. The molecule has 2 heteroatoms. The first-order valence-electron chi connectivity index (χ1n) is 10.4. The van der Waals surface area contributed by atoms with E-state index in [2.05, 4.69) is 38.1 Å². The van der Waals surface area contributed by atoms with E-state index in [9.17, 15) is 0 Å². The SMILES string of the molecule is CCCCCCCCCCc1ccc(C(C)c2ccc(N)cc2N)cc1. The lowest BCUT2D eigenvalue weighted by molar-refractivity contribution is 0.575.